The van der Waals surface area contributed by atoms with Gasteiger partial charge < -0.3 is 14.2 Å². The molecular weight excluding hydrogens is 308 g/mol. The van der Waals surface area contributed by atoms with Gasteiger partial charge in [-0.15, -0.1) is 0 Å². The average molecular weight is 335 g/mol. The molecule has 0 unspecified atom stereocenters. The highest BCUT2D eigenvalue weighted by Gasteiger charge is 2.28. The Morgan fingerprint density at radius 3 is 2.21 bits per heavy atom. The number of carbonyl (C=O) groups excluding carboxylic acids is 1. The molecule has 0 N–H and O–H groups in total. The number of carbonyl (C=O) groups is 1. The van der Waals surface area contributed by atoms with Crippen LogP contribution in [0.25, 0.3) is 0 Å². The normalized spacial score (nSPS) is 15.2. The van der Waals surface area contributed by atoms with Crippen molar-refractivity contribution in [1.82, 2.24) is 4.90 Å². The van der Waals surface area contributed by atoms with Crippen LogP contribution >= 0.6 is 0 Å². The second-order valence-corrected chi connectivity index (χ2v) is 6.79. The lowest BCUT2D eigenvalue weighted by molar-refractivity contribution is 0.0719. The van der Waals surface area contributed by atoms with Gasteiger partial charge in [0, 0.05) is 25.3 Å². The van der Waals surface area contributed by atoms with E-state index in [-0.39, 0.29) is 23.7 Å². The molecule has 1 amide bonds. The molecule has 1 aliphatic heterocycles. The molecule has 1 heterocycles. The van der Waals surface area contributed by atoms with Crippen LogP contribution in [-0.4, -0.2) is 43.2 Å². The topological polar surface area (TPSA) is 38.8 Å². The number of likely N-dealkylation sites (tertiary alicyclic amines) is 1. The molecule has 0 bridgehead atoms. The molecule has 0 saturated carbocycles. The molecule has 0 spiro atoms. The lowest BCUT2D eigenvalue weighted by Crippen LogP contribution is -2.42. The van der Waals surface area contributed by atoms with Crippen molar-refractivity contribution in [2.45, 2.75) is 59.2 Å². The van der Waals surface area contributed by atoms with Crippen molar-refractivity contribution in [1.29, 1.82) is 0 Å². The smallest absolute Gasteiger partial charge is 0.405 e. The van der Waals surface area contributed by atoms with Crippen LogP contribution in [0.15, 0.2) is 18.2 Å². The van der Waals surface area contributed by atoms with Crippen LogP contribution in [0.4, 0.5) is 4.39 Å². The van der Waals surface area contributed by atoms with Gasteiger partial charge in [0.05, 0.1) is 5.56 Å². The molecule has 6 heteroatoms. The Kier molecular flexibility index (Phi) is 6.81. The molecule has 0 aliphatic carbocycles. The Morgan fingerprint density at radius 2 is 1.67 bits per heavy atom. The predicted octanol–water partition coefficient (Wildman–Crippen LogP) is 3.00. The van der Waals surface area contributed by atoms with Crippen LogP contribution in [0.3, 0.4) is 0 Å². The largest absolute Gasteiger partial charge is 0.494 e. The summed E-state index contributed by atoms with van der Waals surface area (Å²) in [7, 11) is -0.612. The van der Waals surface area contributed by atoms with Gasteiger partial charge in [-0.3, -0.25) is 4.79 Å². The van der Waals surface area contributed by atoms with Gasteiger partial charge in [0.25, 0.3) is 5.91 Å². The quantitative estimate of drug-likeness (QED) is 0.750. The molecule has 2 rings (SSSR count). The van der Waals surface area contributed by atoms with Gasteiger partial charge in [-0.2, -0.15) is 0 Å². The minimum atomic E-state index is -0.612. The van der Waals surface area contributed by atoms with Gasteiger partial charge in [-0.25, -0.2) is 4.39 Å². The number of hydrogen-bond donors (Lipinski definition) is 0. The fraction of sp³-hybridized carbons (Fsp3) is 0.611. The molecule has 0 radical (unpaired) electrons. The fourth-order valence-corrected chi connectivity index (χ4v) is 2.80. The summed E-state index contributed by atoms with van der Waals surface area (Å²) in [5.41, 5.74) is 0.762. The van der Waals surface area contributed by atoms with Crippen molar-refractivity contribution in [2.24, 2.45) is 0 Å². The SMILES string of the molecule is CC(C)OB(OC(C)C)c1ccc(F)c(C(=O)N2CCCCC2)c1. The van der Waals surface area contributed by atoms with Crippen LogP contribution in [0.1, 0.15) is 57.3 Å². The number of benzene rings is 1. The first kappa shape index (κ1) is 18.9. The van der Waals surface area contributed by atoms with Gasteiger partial charge in [0.2, 0.25) is 0 Å². The second-order valence-electron chi connectivity index (χ2n) is 6.79. The third-order valence-electron chi connectivity index (χ3n) is 3.93. The lowest BCUT2D eigenvalue weighted by atomic mass is 9.77. The number of halogens is 1. The maximum Gasteiger partial charge on any atom is 0.494 e. The van der Waals surface area contributed by atoms with Gasteiger partial charge in [0.1, 0.15) is 5.82 Å². The van der Waals surface area contributed by atoms with Crippen molar-refractivity contribution in [3.63, 3.8) is 0 Å². The molecule has 4 nitrogen and oxygen atoms in total. The van der Waals surface area contributed by atoms with Crippen molar-refractivity contribution in [2.75, 3.05) is 13.1 Å². The Hall–Kier alpha value is -1.40. The zero-order valence-corrected chi connectivity index (χ0v) is 15.0. The summed E-state index contributed by atoms with van der Waals surface area (Å²) >= 11 is 0. The van der Waals surface area contributed by atoms with Crippen molar-refractivity contribution < 1.29 is 18.5 Å². The van der Waals surface area contributed by atoms with Crippen LogP contribution in [0.2, 0.25) is 0 Å². The second kappa shape index (κ2) is 8.63. The summed E-state index contributed by atoms with van der Waals surface area (Å²) in [5, 5.41) is 0. The van der Waals surface area contributed by atoms with E-state index in [1.54, 1.807) is 17.0 Å². The summed E-state index contributed by atoms with van der Waals surface area (Å²) < 4.78 is 25.8. The number of piperidine rings is 1. The first-order chi connectivity index (χ1) is 11.4. The number of amides is 1. The van der Waals surface area contributed by atoms with E-state index >= 15 is 0 Å². The van der Waals surface area contributed by atoms with Crippen LogP contribution in [-0.2, 0) is 9.31 Å². The third kappa shape index (κ3) is 5.05. The zero-order valence-electron chi connectivity index (χ0n) is 15.0. The molecule has 1 aromatic carbocycles. The third-order valence-corrected chi connectivity index (χ3v) is 3.93. The van der Waals surface area contributed by atoms with E-state index < -0.39 is 12.9 Å². The minimum Gasteiger partial charge on any atom is -0.405 e. The standard InChI is InChI=1S/C18H27BFNO3/c1-13(2)23-19(24-14(3)4)15-8-9-17(20)16(12-15)18(22)21-10-6-5-7-11-21/h8-9,12-14H,5-7,10-11H2,1-4H3. The predicted molar refractivity (Wildman–Crippen MR) is 94.0 cm³/mol. The maximum atomic E-state index is 14.2. The highest BCUT2D eigenvalue weighted by molar-refractivity contribution is 6.61. The van der Waals surface area contributed by atoms with E-state index in [2.05, 4.69) is 0 Å². The van der Waals surface area contributed by atoms with E-state index in [0.717, 1.165) is 19.3 Å². The first-order valence-electron chi connectivity index (χ1n) is 8.78. The minimum absolute atomic E-state index is 0.0416. The van der Waals surface area contributed by atoms with Crippen molar-refractivity contribution in [3.05, 3.63) is 29.6 Å². The fourth-order valence-electron chi connectivity index (χ4n) is 2.80. The number of nitrogens with zero attached hydrogens (tertiary/aromatic N) is 1. The summed E-state index contributed by atoms with van der Waals surface area (Å²) in [6.45, 7) is 9.05. The van der Waals surface area contributed by atoms with E-state index in [1.165, 1.54) is 6.07 Å². The zero-order chi connectivity index (χ0) is 17.7. The van der Waals surface area contributed by atoms with E-state index in [0.29, 0.717) is 18.6 Å². The van der Waals surface area contributed by atoms with Gasteiger partial charge in [-0.05, 0) is 64.6 Å². The molecule has 1 aromatic rings. The summed E-state index contributed by atoms with van der Waals surface area (Å²) in [6.07, 6.45) is 2.99. The Bertz CT molecular complexity index is 549. The van der Waals surface area contributed by atoms with E-state index in [4.69, 9.17) is 9.31 Å². The van der Waals surface area contributed by atoms with Crippen molar-refractivity contribution >= 4 is 18.5 Å². The number of hydrogen-bond acceptors (Lipinski definition) is 3. The van der Waals surface area contributed by atoms with Crippen LogP contribution < -0.4 is 5.46 Å². The van der Waals surface area contributed by atoms with Gasteiger partial charge in [0.15, 0.2) is 0 Å². The molecule has 24 heavy (non-hydrogen) atoms. The molecule has 0 aromatic heterocycles. The number of rotatable bonds is 6. The highest BCUT2D eigenvalue weighted by Crippen LogP contribution is 2.15. The molecule has 1 aliphatic rings. The summed E-state index contributed by atoms with van der Waals surface area (Å²) in [6, 6.07) is 4.52. The van der Waals surface area contributed by atoms with Crippen molar-refractivity contribution in [3.8, 4) is 0 Å². The summed E-state index contributed by atoms with van der Waals surface area (Å²) in [4.78, 5) is 14.4. The van der Waals surface area contributed by atoms with E-state index in [1.807, 2.05) is 27.7 Å². The maximum absolute atomic E-state index is 14.2. The molecule has 0 atom stereocenters. The molecule has 1 fully saturated rings. The first-order valence-corrected chi connectivity index (χ1v) is 8.78. The molecule has 132 valence electrons. The highest BCUT2D eigenvalue weighted by atomic mass is 19.1. The Labute approximate surface area is 144 Å². The van der Waals surface area contributed by atoms with Crippen LogP contribution in [0.5, 0.6) is 0 Å². The Morgan fingerprint density at radius 1 is 1.08 bits per heavy atom. The lowest BCUT2D eigenvalue weighted by Gasteiger charge is -2.27. The monoisotopic (exact) mass is 335 g/mol. The Balaban J connectivity index is 2.26. The summed E-state index contributed by atoms with van der Waals surface area (Å²) in [5.74, 6) is -0.746. The molecule has 1 saturated heterocycles. The van der Waals surface area contributed by atoms with E-state index in [9.17, 15) is 9.18 Å². The van der Waals surface area contributed by atoms with Crippen LogP contribution in [0, 0.1) is 5.82 Å². The molecular formula is C18H27BFNO3. The average Bonchev–Trinajstić information content (AvgIpc) is 2.54. The van der Waals surface area contributed by atoms with Gasteiger partial charge in [-0.1, -0.05) is 6.07 Å². The van der Waals surface area contributed by atoms with Gasteiger partial charge >= 0.3 is 7.12 Å².